The SMILES string of the molecule is Cc1ccc(Nc2cnn(C34C[C@H]5C[C@@H](CC(CC(=O)O)(C5)C3)C4)c(=O)c2Cl)cc1C. The Kier molecular flexibility index (Phi) is 4.70. The maximum absolute atomic E-state index is 13.4. The van der Waals surface area contributed by atoms with Crippen molar-refractivity contribution in [3.8, 4) is 0 Å². The van der Waals surface area contributed by atoms with Crippen LogP contribution < -0.4 is 10.9 Å². The Labute approximate surface area is 186 Å². The van der Waals surface area contributed by atoms with E-state index in [0.717, 1.165) is 43.4 Å². The van der Waals surface area contributed by atoms with E-state index in [-0.39, 0.29) is 22.4 Å². The highest BCUT2D eigenvalue weighted by molar-refractivity contribution is 6.33. The molecule has 164 valence electrons. The molecule has 0 unspecified atom stereocenters. The van der Waals surface area contributed by atoms with Gasteiger partial charge < -0.3 is 10.4 Å². The highest BCUT2D eigenvalue weighted by Gasteiger charge is 2.59. The van der Waals surface area contributed by atoms with Gasteiger partial charge >= 0.3 is 5.97 Å². The molecular formula is C24H28ClN3O3. The predicted octanol–water partition coefficient (Wildman–Crippen LogP) is 5.03. The van der Waals surface area contributed by atoms with Crippen molar-refractivity contribution >= 4 is 28.9 Å². The minimum Gasteiger partial charge on any atom is -0.481 e. The number of carboxylic acids is 1. The van der Waals surface area contributed by atoms with Gasteiger partial charge in [0.1, 0.15) is 5.02 Å². The fraction of sp³-hybridized carbons (Fsp3) is 0.542. The number of hydrogen-bond donors (Lipinski definition) is 2. The van der Waals surface area contributed by atoms with Gasteiger partial charge in [-0.2, -0.15) is 5.10 Å². The largest absolute Gasteiger partial charge is 0.481 e. The average Bonchev–Trinajstić information content (AvgIpc) is 2.66. The van der Waals surface area contributed by atoms with E-state index in [1.165, 1.54) is 5.56 Å². The Hall–Kier alpha value is -2.34. The van der Waals surface area contributed by atoms with Crippen molar-refractivity contribution in [3.05, 3.63) is 50.9 Å². The van der Waals surface area contributed by atoms with Crippen LogP contribution in [-0.2, 0) is 10.3 Å². The lowest BCUT2D eigenvalue weighted by Gasteiger charge is -2.61. The molecule has 0 radical (unpaired) electrons. The molecule has 4 saturated carbocycles. The molecule has 7 heteroatoms. The molecule has 4 aliphatic rings. The van der Waals surface area contributed by atoms with Crippen LogP contribution in [0, 0.1) is 31.1 Å². The molecular weight excluding hydrogens is 414 g/mol. The van der Waals surface area contributed by atoms with E-state index in [9.17, 15) is 14.7 Å². The van der Waals surface area contributed by atoms with Gasteiger partial charge in [0, 0.05) is 5.69 Å². The third-order valence-electron chi connectivity index (χ3n) is 7.83. The van der Waals surface area contributed by atoms with E-state index in [4.69, 9.17) is 11.6 Å². The minimum absolute atomic E-state index is 0.135. The molecule has 0 aliphatic heterocycles. The standard InChI is InChI=1S/C24H28ClN3O3/c1-14-3-4-18(5-15(14)2)27-19-12-26-28(22(31)21(19)25)24-9-16-6-17(10-24)8-23(7-16,13-24)11-20(29)30/h3-5,12,16-17,27H,6-11,13H2,1-2H3,(H,29,30)/t16-,17-,23?,24?/m0/s1. The number of nitrogens with zero attached hydrogens (tertiary/aromatic N) is 2. The molecule has 1 aromatic carbocycles. The number of aryl methyl sites for hydroxylation is 2. The molecule has 6 nitrogen and oxygen atoms in total. The molecule has 4 bridgehead atoms. The Morgan fingerprint density at radius 1 is 1.23 bits per heavy atom. The van der Waals surface area contributed by atoms with Crippen LogP contribution in [0.4, 0.5) is 11.4 Å². The average molecular weight is 442 g/mol. The number of carbonyl (C=O) groups is 1. The van der Waals surface area contributed by atoms with E-state index < -0.39 is 11.5 Å². The summed E-state index contributed by atoms with van der Waals surface area (Å²) in [4.78, 5) is 25.0. The molecule has 1 aromatic heterocycles. The number of anilines is 2. The Morgan fingerprint density at radius 3 is 2.58 bits per heavy atom. The summed E-state index contributed by atoms with van der Waals surface area (Å²) in [6, 6.07) is 6.00. The van der Waals surface area contributed by atoms with Crippen molar-refractivity contribution in [2.24, 2.45) is 17.3 Å². The van der Waals surface area contributed by atoms with Crippen LogP contribution in [0.3, 0.4) is 0 Å². The van der Waals surface area contributed by atoms with Crippen LogP contribution in [0.5, 0.6) is 0 Å². The number of hydrogen-bond acceptors (Lipinski definition) is 4. The summed E-state index contributed by atoms with van der Waals surface area (Å²) in [7, 11) is 0. The number of nitrogens with one attached hydrogen (secondary N) is 1. The summed E-state index contributed by atoms with van der Waals surface area (Å²) in [6.07, 6.45) is 7.33. The third kappa shape index (κ3) is 3.45. The quantitative estimate of drug-likeness (QED) is 0.679. The summed E-state index contributed by atoms with van der Waals surface area (Å²) in [5.74, 6) is 0.172. The van der Waals surface area contributed by atoms with Gasteiger partial charge in [0.05, 0.1) is 23.8 Å². The monoisotopic (exact) mass is 441 g/mol. The van der Waals surface area contributed by atoms with Crippen LogP contribution in [-0.4, -0.2) is 20.9 Å². The first-order valence-electron chi connectivity index (χ1n) is 11.0. The summed E-state index contributed by atoms with van der Waals surface area (Å²) >= 11 is 6.55. The Balaban J connectivity index is 1.49. The topological polar surface area (TPSA) is 84.2 Å². The summed E-state index contributed by atoms with van der Waals surface area (Å²) < 4.78 is 1.59. The molecule has 0 amide bonds. The zero-order chi connectivity index (χ0) is 22.0. The fourth-order valence-corrected chi connectivity index (χ4v) is 7.19. The van der Waals surface area contributed by atoms with Crippen LogP contribution in [0.15, 0.2) is 29.2 Å². The number of benzene rings is 1. The number of rotatable bonds is 5. The van der Waals surface area contributed by atoms with Gasteiger partial charge in [-0.05, 0) is 92.9 Å². The number of halogens is 1. The highest BCUT2D eigenvalue weighted by Crippen LogP contribution is 2.65. The lowest BCUT2D eigenvalue weighted by atomic mass is 9.46. The second-order valence-corrected chi connectivity index (χ2v) is 10.6. The second kappa shape index (κ2) is 7.09. The van der Waals surface area contributed by atoms with Gasteiger partial charge in [0.25, 0.3) is 5.56 Å². The molecule has 2 N–H and O–H groups in total. The highest BCUT2D eigenvalue weighted by atomic mass is 35.5. The van der Waals surface area contributed by atoms with E-state index in [2.05, 4.69) is 17.3 Å². The Bertz CT molecular complexity index is 1110. The van der Waals surface area contributed by atoms with Gasteiger partial charge in [-0.25, -0.2) is 4.68 Å². The van der Waals surface area contributed by atoms with E-state index in [0.29, 0.717) is 23.9 Å². The number of aromatic nitrogens is 2. The lowest BCUT2D eigenvalue weighted by Crippen LogP contribution is -2.59. The summed E-state index contributed by atoms with van der Waals surface area (Å²) in [5.41, 5.74) is 2.78. The van der Waals surface area contributed by atoms with Crippen molar-refractivity contribution in [2.75, 3.05) is 5.32 Å². The molecule has 4 fully saturated rings. The first-order chi connectivity index (χ1) is 14.7. The molecule has 0 spiro atoms. The molecule has 4 aliphatic carbocycles. The normalized spacial score (nSPS) is 31.1. The van der Waals surface area contributed by atoms with Crippen LogP contribution in [0.2, 0.25) is 5.02 Å². The first kappa shape index (κ1) is 20.6. The molecule has 31 heavy (non-hydrogen) atoms. The maximum atomic E-state index is 13.4. The second-order valence-electron chi connectivity index (χ2n) is 10.3. The summed E-state index contributed by atoms with van der Waals surface area (Å²) in [5, 5.41) is 17.5. The number of carboxylic acid groups (broad SMARTS) is 1. The lowest BCUT2D eigenvalue weighted by molar-refractivity contribution is -0.151. The van der Waals surface area contributed by atoms with Crippen molar-refractivity contribution < 1.29 is 9.90 Å². The predicted molar refractivity (Wildman–Crippen MR) is 120 cm³/mol. The fourth-order valence-electron chi connectivity index (χ4n) is 7.01. The molecule has 1 heterocycles. The molecule has 0 saturated heterocycles. The molecule has 2 aromatic rings. The van der Waals surface area contributed by atoms with Crippen molar-refractivity contribution in [3.63, 3.8) is 0 Å². The van der Waals surface area contributed by atoms with Crippen molar-refractivity contribution in [2.45, 2.75) is 64.3 Å². The summed E-state index contributed by atoms with van der Waals surface area (Å²) in [6.45, 7) is 4.09. The van der Waals surface area contributed by atoms with Crippen molar-refractivity contribution in [1.82, 2.24) is 9.78 Å². The van der Waals surface area contributed by atoms with Gasteiger partial charge in [-0.15, -0.1) is 0 Å². The Morgan fingerprint density at radius 2 is 1.94 bits per heavy atom. The molecule has 2 atom stereocenters. The zero-order valence-corrected chi connectivity index (χ0v) is 18.7. The van der Waals surface area contributed by atoms with Gasteiger partial charge in [0.2, 0.25) is 0 Å². The smallest absolute Gasteiger partial charge is 0.303 e. The van der Waals surface area contributed by atoms with Crippen LogP contribution in [0.25, 0.3) is 0 Å². The van der Waals surface area contributed by atoms with E-state index in [1.807, 2.05) is 25.1 Å². The van der Waals surface area contributed by atoms with Gasteiger partial charge in [-0.1, -0.05) is 17.7 Å². The maximum Gasteiger partial charge on any atom is 0.303 e. The third-order valence-corrected chi connectivity index (χ3v) is 8.20. The minimum atomic E-state index is -0.747. The van der Waals surface area contributed by atoms with Crippen molar-refractivity contribution in [1.29, 1.82) is 0 Å². The van der Waals surface area contributed by atoms with Crippen LogP contribution in [0.1, 0.15) is 56.1 Å². The van der Waals surface area contributed by atoms with Gasteiger partial charge in [0.15, 0.2) is 0 Å². The van der Waals surface area contributed by atoms with E-state index >= 15 is 0 Å². The van der Waals surface area contributed by atoms with Crippen LogP contribution >= 0.6 is 11.6 Å². The van der Waals surface area contributed by atoms with Gasteiger partial charge in [-0.3, -0.25) is 9.59 Å². The van der Waals surface area contributed by atoms with E-state index in [1.54, 1.807) is 10.9 Å². The number of aliphatic carboxylic acids is 1. The first-order valence-corrected chi connectivity index (χ1v) is 11.4. The zero-order valence-electron chi connectivity index (χ0n) is 17.9. The molecule has 6 rings (SSSR count).